The third-order valence-electron chi connectivity index (χ3n) is 4.24. The summed E-state index contributed by atoms with van der Waals surface area (Å²) in [7, 11) is 0. The van der Waals surface area contributed by atoms with Crippen molar-refractivity contribution in [3.8, 4) is 0 Å². The average Bonchev–Trinajstić information content (AvgIpc) is 3.01. The SMILES string of the molecule is CC1(C)N=C(c2cnc3ccccc3c2)c2sccc2C1(Br)Br. The Kier molecular flexibility index (Phi) is 3.52. The highest BCUT2D eigenvalue weighted by Gasteiger charge is 2.48. The van der Waals surface area contributed by atoms with Crippen LogP contribution in [0.1, 0.15) is 29.9 Å². The first-order valence-corrected chi connectivity index (χ1v) is 9.78. The predicted octanol–water partition coefficient (Wildman–Crippen LogP) is 5.87. The quantitative estimate of drug-likeness (QED) is 0.426. The van der Waals surface area contributed by atoms with Crippen molar-refractivity contribution >= 4 is 59.8 Å². The smallest absolute Gasteiger partial charge is 0.131 e. The number of para-hydroxylation sites is 1. The van der Waals surface area contributed by atoms with Crippen LogP contribution in [-0.2, 0) is 3.23 Å². The van der Waals surface area contributed by atoms with Crippen LogP contribution in [0, 0.1) is 0 Å². The van der Waals surface area contributed by atoms with Gasteiger partial charge >= 0.3 is 0 Å². The zero-order chi connectivity index (χ0) is 16.2. The second-order valence-electron chi connectivity index (χ2n) is 6.17. The van der Waals surface area contributed by atoms with Crippen LogP contribution < -0.4 is 0 Å². The number of rotatable bonds is 1. The van der Waals surface area contributed by atoms with Crippen molar-refractivity contribution in [3.63, 3.8) is 0 Å². The maximum absolute atomic E-state index is 5.05. The number of aliphatic imine (C=N–C) groups is 1. The lowest BCUT2D eigenvalue weighted by molar-refractivity contribution is 0.487. The molecule has 0 saturated heterocycles. The van der Waals surface area contributed by atoms with Gasteiger partial charge in [-0.1, -0.05) is 50.1 Å². The van der Waals surface area contributed by atoms with E-state index in [1.807, 2.05) is 24.4 Å². The van der Waals surface area contributed by atoms with Gasteiger partial charge in [-0.25, -0.2) is 0 Å². The van der Waals surface area contributed by atoms with Gasteiger partial charge in [0.15, 0.2) is 0 Å². The molecular weight excluding hydrogens is 436 g/mol. The van der Waals surface area contributed by atoms with E-state index in [0.717, 1.165) is 22.2 Å². The van der Waals surface area contributed by atoms with Crippen molar-refractivity contribution < 1.29 is 0 Å². The van der Waals surface area contributed by atoms with Crippen LogP contribution in [0.15, 0.2) is 53.0 Å². The standard InChI is InChI=1S/C18H14Br2N2S/c1-17(2)18(19,20)13-7-8-23-16(13)15(22-17)12-9-11-5-3-4-6-14(11)21-10-12/h3-10H,1-2H3. The second-order valence-corrected chi connectivity index (χ2v) is 10.5. The molecule has 0 radical (unpaired) electrons. The van der Waals surface area contributed by atoms with Crippen LogP contribution in [0.3, 0.4) is 0 Å². The zero-order valence-electron chi connectivity index (χ0n) is 12.7. The number of fused-ring (bicyclic) bond motifs is 2. The van der Waals surface area contributed by atoms with Crippen molar-refractivity contribution in [1.82, 2.24) is 4.98 Å². The molecule has 1 aliphatic heterocycles. The molecule has 0 atom stereocenters. The lowest BCUT2D eigenvalue weighted by Crippen LogP contribution is -2.41. The molecule has 2 nitrogen and oxygen atoms in total. The van der Waals surface area contributed by atoms with Crippen molar-refractivity contribution in [2.75, 3.05) is 0 Å². The van der Waals surface area contributed by atoms with E-state index in [4.69, 9.17) is 4.99 Å². The molecule has 3 aromatic rings. The van der Waals surface area contributed by atoms with E-state index in [1.165, 1.54) is 10.4 Å². The maximum atomic E-state index is 5.05. The fourth-order valence-electron chi connectivity index (χ4n) is 2.87. The van der Waals surface area contributed by atoms with E-state index >= 15 is 0 Å². The Bertz CT molecular complexity index is 941. The molecule has 23 heavy (non-hydrogen) atoms. The van der Waals surface area contributed by atoms with E-state index in [9.17, 15) is 0 Å². The minimum Gasteiger partial charge on any atom is -0.274 e. The highest BCUT2D eigenvalue weighted by Crippen LogP contribution is 2.54. The van der Waals surface area contributed by atoms with E-state index in [-0.39, 0.29) is 8.77 Å². The van der Waals surface area contributed by atoms with E-state index in [1.54, 1.807) is 11.3 Å². The number of benzene rings is 1. The molecule has 0 saturated carbocycles. The molecule has 0 unspecified atom stereocenters. The maximum Gasteiger partial charge on any atom is 0.131 e. The van der Waals surface area contributed by atoms with E-state index < -0.39 is 0 Å². The first-order valence-electron chi connectivity index (χ1n) is 7.31. The summed E-state index contributed by atoms with van der Waals surface area (Å²) in [6.07, 6.45) is 1.93. The zero-order valence-corrected chi connectivity index (χ0v) is 16.7. The van der Waals surface area contributed by atoms with Crippen LogP contribution in [-0.4, -0.2) is 16.2 Å². The Morgan fingerprint density at radius 3 is 2.70 bits per heavy atom. The summed E-state index contributed by atoms with van der Waals surface area (Å²) in [4.78, 5) is 10.8. The Balaban J connectivity index is 1.95. The van der Waals surface area contributed by atoms with Crippen LogP contribution >= 0.6 is 43.2 Å². The first-order chi connectivity index (χ1) is 10.9. The molecule has 3 heterocycles. The summed E-state index contributed by atoms with van der Waals surface area (Å²) < 4.78 is -0.351. The highest BCUT2D eigenvalue weighted by atomic mass is 79.9. The van der Waals surface area contributed by atoms with Gasteiger partial charge in [0.25, 0.3) is 0 Å². The number of thiophene rings is 1. The van der Waals surface area contributed by atoms with Crippen LogP contribution in [0.25, 0.3) is 10.9 Å². The van der Waals surface area contributed by atoms with Crippen molar-refractivity contribution in [2.24, 2.45) is 4.99 Å². The van der Waals surface area contributed by atoms with Gasteiger partial charge in [0.05, 0.1) is 21.6 Å². The van der Waals surface area contributed by atoms with Crippen molar-refractivity contribution in [1.29, 1.82) is 0 Å². The lowest BCUT2D eigenvalue weighted by Gasteiger charge is -2.39. The molecule has 5 heteroatoms. The number of aromatic nitrogens is 1. The molecule has 1 aromatic carbocycles. The number of hydrogen-bond donors (Lipinski definition) is 0. The van der Waals surface area contributed by atoms with Crippen LogP contribution in [0.2, 0.25) is 0 Å². The third kappa shape index (κ3) is 2.32. The number of hydrogen-bond acceptors (Lipinski definition) is 3. The van der Waals surface area contributed by atoms with Gasteiger partial charge in [-0.05, 0) is 37.4 Å². The molecule has 0 amide bonds. The minimum absolute atomic E-state index is 0.317. The summed E-state index contributed by atoms with van der Waals surface area (Å²) >= 11 is 9.38. The molecule has 116 valence electrons. The summed E-state index contributed by atoms with van der Waals surface area (Å²) in [5.41, 5.74) is 4.00. The fourth-order valence-corrected chi connectivity index (χ4v) is 4.93. The van der Waals surface area contributed by atoms with Crippen molar-refractivity contribution in [2.45, 2.75) is 22.6 Å². The number of pyridine rings is 1. The van der Waals surface area contributed by atoms with Gasteiger partial charge in [0, 0.05) is 22.7 Å². The molecule has 0 bridgehead atoms. The fraction of sp³-hybridized carbons (Fsp3) is 0.222. The Labute approximate surface area is 155 Å². The van der Waals surface area contributed by atoms with Gasteiger partial charge in [-0.15, -0.1) is 11.3 Å². The molecule has 4 rings (SSSR count). The Hall–Kier alpha value is -1.04. The third-order valence-corrected chi connectivity index (χ3v) is 7.96. The summed E-state index contributed by atoms with van der Waals surface area (Å²) in [6, 6.07) is 12.5. The monoisotopic (exact) mass is 448 g/mol. The topological polar surface area (TPSA) is 25.2 Å². The lowest BCUT2D eigenvalue weighted by atomic mass is 9.89. The van der Waals surface area contributed by atoms with Crippen LogP contribution in [0.4, 0.5) is 0 Å². The molecular formula is C18H14Br2N2S. The molecule has 2 aromatic heterocycles. The molecule has 0 N–H and O–H groups in total. The van der Waals surface area contributed by atoms with E-state index in [2.05, 4.69) is 74.3 Å². The number of halogens is 2. The Morgan fingerprint density at radius 2 is 1.87 bits per heavy atom. The summed E-state index contributed by atoms with van der Waals surface area (Å²) in [5, 5.41) is 3.26. The normalized spacial score (nSPS) is 18.5. The van der Waals surface area contributed by atoms with Gasteiger partial charge in [-0.2, -0.15) is 0 Å². The largest absolute Gasteiger partial charge is 0.274 e. The Morgan fingerprint density at radius 1 is 1.09 bits per heavy atom. The van der Waals surface area contributed by atoms with Crippen LogP contribution in [0.5, 0.6) is 0 Å². The number of alkyl halides is 2. The first kappa shape index (κ1) is 15.5. The second kappa shape index (κ2) is 5.23. The van der Waals surface area contributed by atoms with Gasteiger partial charge in [0.2, 0.25) is 0 Å². The average molecular weight is 450 g/mol. The molecule has 0 aliphatic carbocycles. The summed E-state index contributed by atoms with van der Waals surface area (Å²) in [6.45, 7) is 4.26. The molecule has 0 fully saturated rings. The highest BCUT2D eigenvalue weighted by molar-refractivity contribution is 9.24. The molecule has 1 aliphatic rings. The van der Waals surface area contributed by atoms with E-state index in [0.29, 0.717) is 0 Å². The van der Waals surface area contributed by atoms with Gasteiger partial charge in [0.1, 0.15) is 3.23 Å². The minimum atomic E-state index is -0.351. The number of nitrogens with zero attached hydrogens (tertiary/aromatic N) is 2. The van der Waals surface area contributed by atoms with Crippen molar-refractivity contribution in [3.05, 3.63) is 64.0 Å². The predicted molar refractivity (Wildman–Crippen MR) is 105 cm³/mol. The van der Waals surface area contributed by atoms with Gasteiger partial charge in [-0.3, -0.25) is 9.98 Å². The van der Waals surface area contributed by atoms with Gasteiger partial charge < -0.3 is 0 Å². The summed E-state index contributed by atoms with van der Waals surface area (Å²) in [5.74, 6) is 0. The molecule has 0 spiro atoms.